The third-order valence-corrected chi connectivity index (χ3v) is 5.19. The van der Waals surface area contributed by atoms with Crippen molar-refractivity contribution in [2.75, 3.05) is 13.1 Å². The van der Waals surface area contributed by atoms with E-state index in [0.29, 0.717) is 24.0 Å². The van der Waals surface area contributed by atoms with Crippen LogP contribution in [-0.4, -0.2) is 33.4 Å². The number of likely N-dealkylation sites (tertiary alicyclic amines) is 1. The van der Waals surface area contributed by atoms with Crippen LogP contribution in [0.3, 0.4) is 0 Å². The number of carbonyl (C=O) groups is 1. The summed E-state index contributed by atoms with van der Waals surface area (Å²) >= 11 is 0. The van der Waals surface area contributed by atoms with Crippen LogP contribution in [0.15, 0.2) is 53.6 Å². The van der Waals surface area contributed by atoms with Crippen molar-refractivity contribution in [1.29, 1.82) is 0 Å². The molecule has 0 aliphatic carbocycles. The SMILES string of the molecule is O=C(Cc1ccc(F)cc1F)N1CCC[C@H](n2cnc3ccccc3c2=O)C1. The Morgan fingerprint density at radius 3 is 2.82 bits per heavy atom. The molecule has 2 heterocycles. The number of amides is 1. The minimum atomic E-state index is -0.725. The van der Waals surface area contributed by atoms with E-state index >= 15 is 0 Å². The van der Waals surface area contributed by atoms with E-state index < -0.39 is 11.6 Å². The number of fused-ring (bicyclic) bond motifs is 1. The van der Waals surface area contributed by atoms with Gasteiger partial charge < -0.3 is 4.90 Å². The number of hydrogen-bond acceptors (Lipinski definition) is 3. The molecule has 0 N–H and O–H groups in total. The third kappa shape index (κ3) is 3.52. The van der Waals surface area contributed by atoms with Crippen LogP contribution in [0.5, 0.6) is 0 Å². The molecule has 0 bridgehead atoms. The van der Waals surface area contributed by atoms with Gasteiger partial charge in [-0.3, -0.25) is 14.2 Å². The van der Waals surface area contributed by atoms with Gasteiger partial charge in [-0.1, -0.05) is 18.2 Å². The molecule has 1 aromatic heterocycles. The molecule has 5 nitrogen and oxygen atoms in total. The fourth-order valence-electron chi connectivity index (χ4n) is 3.69. The molecule has 1 fully saturated rings. The van der Waals surface area contributed by atoms with Gasteiger partial charge in [-0.15, -0.1) is 0 Å². The highest BCUT2D eigenvalue weighted by Crippen LogP contribution is 2.22. The molecule has 3 aromatic rings. The maximum atomic E-state index is 13.9. The van der Waals surface area contributed by atoms with Gasteiger partial charge in [0.05, 0.1) is 29.7 Å². The summed E-state index contributed by atoms with van der Waals surface area (Å²) in [6, 6.07) is 10.2. The van der Waals surface area contributed by atoms with Gasteiger partial charge >= 0.3 is 0 Å². The molecule has 1 atom stereocenters. The Morgan fingerprint density at radius 1 is 1.18 bits per heavy atom. The lowest BCUT2D eigenvalue weighted by molar-refractivity contribution is -0.132. The molecule has 1 aliphatic heterocycles. The molecule has 1 aliphatic rings. The predicted octanol–water partition coefficient (Wildman–Crippen LogP) is 3.08. The lowest BCUT2D eigenvalue weighted by Crippen LogP contribution is -2.43. The Morgan fingerprint density at radius 2 is 2.00 bits per heavy atom. The van der Waals surface area contributed by atoms with Crippen molar-refractivity contribution in [3.8, 4) is 0 Å². The van der Waals surface area contributed by atoms with E-state index in [0.717, 1.165) is 25.0 Å². The van der Waals surface area contributed by atoms with Crippen molar-refractivity contribution in [1.82, 2.24) is 14.5 Å². The molecule has 28 heavy (non-hydrogen) atoms. The van der Waals surface area contributed by atoms with Crippen LogP contribution in [0, 0.1) is 11.6 Å². The van der Waals surface area contributed by atoms with Crippen molar-refractivity contribution >= 4 is 16.8 Å². The van der Waals surface area contributed by atoms with E-state index in [4.69, 9.17) is 0 Å². The molecule has 0 radical (unpaired) electrons. The molecule has 4 rings (SSSR count). The Kier molecular flexibility index (Phi) is 4.90. The lowest BCUT2D eigenvalue weighted by atomic mass is 10.0. The van der Waals surface area contributed by atoms with E-state index in [2.05, 4.69) is 4.98 Å². The standard InChI is InChI=1S/C21H19F2N3O2/c22-15-8-7-14(18(23)11-15)10-20(27)25-9-3-4-16(12-25)26-13-24-19-6-2-1-5-17(19)21(26)28/h1-2,5-8,11,13,16H,3-4,9-10,12H2/t16-/m0/s1. The first-order chi connectivity index (χ1) is 13.5. The van der Waals surface area contributed by atoms with Crippen molar-refractivity contribution in [3.63, 3.8) is 0 Å². The van der Waals surface area contributed by atoms with E-state index in [9.17, 15) is 18.4 Å². The highest BCUT2D eigenvalue weighted by molar-refractivity contribution is 5.79. The second-order valence-electron chi connectivity index (χ2n) is 7.02. The molecule has 7 heteroatoms. The van der Waals surface area contributed by atoms with Gasteiger partial charge in [0, 0.05) is 19.2 Å². The van der Waals surface area contributed by atoms with Crippen LogP contribution in [0.4, 0.5) is 8.78 Å². The van der Waals surface area contributed by atoms with Gasteiger partial charge in [0.15, 0.2) is 0 Å². The molecular weight excluding hydrogens is 364 g/mol. The minimum Gasteiger partial charge on any atom is -0.340 e. The van der Waals surface area contributed by atoms with Crippen molar-refractivity contribution < 1.29 is 13.6 Å². The fourth-order valence-corrected chi connectivity index (χ4v) is 3.69. The zero-order valence-corrected chi connectivity index (χ0v) is 15.1. The molecule has 2 aromatic carbocycles. The lowest BCUT2D eigenvalue weighted by Gasteiger charge is -2.33. The number of benzene rings is 2. The van der Waals surface area contributed by atoms with Crippen molar-refractivity contribution in [3.05, 3.63) is 76.3 Å². The largest absolute Gasteiger partial charge is 0.340 e. The molecule has 0 saturated carbocycles. The number of para-hydroxylation sites is 1. The molecule has 1 amide bonds. The maximum Gasteiger partial charge on any atom is 0.261 e. The second-order valence-corrected chi connectivity index (χ2v) is 7.02. The summed E-state index contributed by atoms with van der Waals surface area (Å²) in [7, 11) is 0. The first-order valence-electron chi connectivity index (χ1n) is 9.20. The number of nitrogens with zero attached hydrogens (tertiary/aromatic N) is 3. The number of rotatable bonds is 3. The van der Waals surface area contributed by atoms with Crippen LogP contribution in [0.1, 0.15) is 24.4 Å². The molecular formula is C21H19F2N3O2. The summed E-state index contributed by atoms with van der Waals surface area (Å²) in [6.45, 7) is 0.912. The first-order valence-corrected chi connectivity index (χ1v) is 9.20. The van der Waals surface area contributed by atoms with Crippen LogP contribution < -0.4 is 5.56 Å². The van der Waals surface area contributed by atoms with Gasteiger partial charge in [0.1, 0.15) is 11.6 Å². The zero-order chi connectivity index (χ0) is 19.7. The fraction of sp³-hybridized carbons (Fsp3) is 0.286. The molecule has 1 saturated heterocycles. The minimum absolute atomic E-state index is 0.130. The number of aromatic nitrogens is 2. The average molecular weight is 383 g/mol. The van der Waals surface area contributed by atoms with E-state index in [-0.39, 0.29) is 29.5 Å². The normalized spacial score (nSPS) is 17.1. The van der Waals surface area contributed by atoms with Crippen molar-refractivity contribution in [2.45, 2.75) is 25.3 Å². The Labute approximate surface area is 160 Å². The highest BCUT2D eigenvalue weighted by atomic mass is 19.1. The van der Waals surface area contributed by atoms with E-state index in [1.807, 2.05) is 6.07 Å². The summed E-state index contributed by atoms with van der Waals surface area (Å²) in [5, 5.41) is 0.543. The summed E-state index contributed by atoms with van der Waals surface area (Å²) < 4.78 is 28.5. The monoisotopic (exact) mass is 383 g/mol. The van der Waals surface area contributed by atoms with E-state index in [1.165, 1.54) is 12.4 Å². The first kappa shape index (κ1) is 18.3. The summed E-state index contributed by atoms with van der Waals surface area (Å²) in [6.07, 6.45) is 2.89. The van der Waals surface area contributed by atoms with Gasteiger partial charge in [-0.05, 0) is 36.6 Å². The predicted molar refractivity (Wildman–Crippen MR) is 101 cm³/mol. The number of hydrogen-bond donors (Lipinski definition) is 0. The topological polar surface area (TPSA) is 55.2 Å². The smallest absolute Gasteiger partial charge is 0.261 e. The Bertz CT molecular complexity index is 1100. The Balaban J connectivity index is 1.54. The van der Waals surface area contributed by atoms with Crippen LogP contribution in [-0.2, 0) is 11.2 Å². The highest BCUT2D eigenvalue weighted by Gasteiger charge is 2.26. The molecule has 0 spiro atoms. The molecule has 144 valence electrons. The van der Waals surface area contributed by atoms with Crippen LogP contribution >= 0.6 is 0 Å². The van der Waals surface area contributed by atoms with E-state index in [1.54, 1.807) is 27.7 Å². The number of piperidine rings is 1. The van der Waals surface area contributed by atoms with Crippen molar-refractivity contribution in [2.24, 2.45) is 0 Å². The average Bonchev–Trinajstić information content (AvgIpc) is 2.70. The zero-order valence-electron chi connectivity index (χ0n) is 15.1. The van der Waals surface area contributed by atoms with Crippen LogP contribution in [0.25, 0.3) is 10.9 Å². The second kappa shape index (κ2) is 7.50. The molecule has 0 unspecified atom stereocenters. The van der Waals surface area contributed by atoms with Crippen LogP contribution in [0.2, 0.25) is 0 Å². The summed E-state index contributed by atoms with van der Waals surface area (Å²) in [5.41, 5.74) is 0.673. The Hall–Kier alpha value is -3.09. The number of carbonyl (C=O) groups excluding carboxylic acids is 1. The quantitative estimate of drug-likeness (QED) is 0.699. The number of halogens is 2. The summed E-state index contributed by atoms with van der Waals surface area (Å²) in [5.74, 6) is -1.64. The summed E-state index contributed by atoms with van der Waals surface area (Å²) in [4.78, 5) is 31.4. The third-order valence-electron chi connectivity index (χ3n) is 5.19. The van der Waals surface area contributed by atoms with Gasteiger partial charge in [0.25, 0.3) is 5.56 Å². The van der Waals surface area contributed by atoms with Gasteiger partial charge in [-0.25, -0.2) is 13.8 Å². The van der Waals surface area contributed by atoms with Gasteiger partial charge in [0.2, 0.25) is 5.91 Å². The maximum absolute atomic E-state index is 13.9. The van der Waals surface area contributed by atoms with Gasteiger partial charge in [-0.2, -0.15) is 0 Å².